The number of carbonyl (C=O) groups is 1. The summed E-state index contributed by atoms with van der Waals surface area (Å²) in [5.74, 6) is 1.47. The fourth-order valence-electron chi connectivity index (χ4n) is 2.05. The third-order valence-corrected chi connectivity index (χ3v) is 6.17. The zero-order chi connectivity index (χ0) is 13.3. The van der Waals surface area contributed by atoms with Crippen LogP contribution in [0.2, 0.25) is 0 Å². The summed E-state index contributed by atoms with van der Waals surface area (Å²) in [5.41, 5.74) is 0. The molecule has 6 heteroatoms. The molecule has 0 aromatic carbocycles. The number of hydrogen-bond acceptors (Lipinski definition) is 4. The van der Waals surface area contributed by atoms with E-state index in [1.165, 1.54) is 25.0 Å². The smallest absolute Gasteiger partial charge is 0.220 e. The van der Waals surface area contributed by atoms with Gasteiger partial charge in [-0.2, -0.15) is 0 Å². The van der Waals surface area contributed by atoms with E-state index in [0.29, 0.717) is 13.0 Å². The van der Waals surface area contributed by atoms with Crippen LogP contribution in [0.1, 0.15) is 32.1 Å². The monoisotopic (exact) mass is 299 g/mol. The molecule has 1 amide bonds. The number of rotatable bonds is 8. The van der Waals surface area contributed by atoms with Crippen LogP contribution in [0.15, 0.2) is 18.7 Å². The SMILES string of the molecule is O=C(CCCC[C@H]1CCSS1)NCCn1ccnc1. The number of imidazole rings is 1. The van der Waals surface area contributed by atoms with Crippen LogP contribution < -0.4 is 5.32 Å². The number of hydrogen-bond donors (Lipinski definition) is 1. The first-order chi connectivity index (χ1) is 9.34. The summed E-state index contributed by atoms with van der Waals surface area (Å²) in [5, 5.41) is 3.78. The van der Waals surface area contributed by atoms with Crippen LogP contribution in [0.5, 0.6) is 0 Å². The van der Waals surface area contributed by atoms with Gasteiger partial charge in [0.05, 0.1) is 6.33 Å². The number of nitrogens with one attached hydrogen (secondary N) is 1. The molecule has 2 heterocycles. The first-order valence-electron chi connectivity index (χ1n) is 6.85. The summed E-state index contributed by atoms with van der Waals surface area (Å²) in [4.78, 5) is 15.6. The molecule has 1 saturated heterocycles. The van der Waals surface area contributed by atoms with Crippen molar-refractivity contribution in [2.45, 2.75) is 43.9 Å². The van der Waals surface area contributed by atoms with Crippen LogP contribution in [0.4, 0.5) is 0 Å². The van der Waals surface area contributed by atoms with Crippen molar-refractivity contribution in [1.82, 2.24) is 14.9 Å². The number of carbonyl (C=O) groups excluding carboxylic acids is 1. The molecule has 0 saturated carbocycles. The Bertz CT molecular complexity index is 364. The van der Waals surface area contributed by atoms with E-state index in [1.807, 2.05) is 32.4 Å². The molecule has 1 aliphatic heterocycles. The Morgan fingerprint density at radius 3 is 3.16 bits per heavy atom. The fourth-order valence-corrected chi connectivity index (χ4v) is 5.08. The van der Waals surface area contributed by atoms with Crippen molar-refractivity contribution in [2.24, 2.45) is 0 Å². The summed E-state index contributed by atoms with van der Waals surface area (Å²) in [6.07, 6.45) is 10.9. The summed E-state index contributed by atoms with van der Waals surface area (Å²) in [7, 11) is 4.01. The molecule has 1 aliphatic rings. The molecule has 2 rings (SSSR count). The molecule has 1 aromatic heterocycles. The highest BCUT2D eigenvalue weighted by atomic mass is 33.1. The Morgan fingerprint density at radius 2 is 2.42 bits per heavy atom. The van der Waals surface area contributed by atoms with Crippen LogP contribution in [-0.4, -0.2) is 33.0 Å². The third-order valence-electron chi connectivity index (χ3n) is 3.16. The topological polar surface area (TPSA) is 46.9 Å². The normalized spacial score (nSPS) is 18.6. The van der Waals surface area contributed by atoms with Crippen molar-refractivity contribution in [3.8, 4) is 0 Å². The molecule has 19 heavy (non-hydrogen) atoms. The lowest BCUT2D eigenvalue weighted by atomic mass is 10.1. The van der Waals surface area contributed by atoms with Gasteiger partial charge in [-0.05, 0) is 19.3 Å². The third kappa shape index (κ3) is 5.91. The van der Waals surface area contributed by atoms with Gasteiger partial charge in [-0.3, -0.25) is 4.79 Å². The van der Waals surface area contributed by atoms with Gasteiger partial charge >= 0.3 is 0 Å². The molecule has 0 radical (unpaired) electrons. The number of unbranched alkanes of at least 4 members (excludes halogenated alkanes) is 1. The van der Waals surface area contributed by atoms with E-state index >= 15 is 0 Å². The van der Waals surface area contributed by atoms with Crippen molar-refractivity contribution in [3.05, 3.63) is 18.7 Å². The lowest BCUT2D eigenvalue weighted by Gasteiger charge is -2.07. The average Bonchev–Trinajstić information content (AvgIpc) is 3.07. The van der Waals surface area contributed by atoms with Gasteiger partial charge < -0.3 is 9.88 Å². The second kappa shape index (κ2) is 8.53. The lowest BCUT2D eigenvalue weighted by molar-refractivity contribution is -0.121. The van der Waals surface area contributed by atoms with Crippen LogP contribution >= 0.6 is 21.6 Å². The van der Waals surface area contributed by atoms with E-state index in [1.54, 1.807) is 12.5 Å². The number of aromatic nitrogens is 2. The maximum atomic E-state index is 11.6. The Morgan fingerprint density at radius 1 is 1.47 bits per heavy atom. The molecule has 1 N–H and O–H groups in total. The Kier molecular flexibility index (Phi) is 6.64. The predicted molar refractivity (Wildman–Crippen MR) is 82.2 cm³/mol. The summed E-state index contributed by atoms with van der Waals surface area (Å²) in [6, 6.07) is 0. The van der Waals surface area contributed by atoms with Gasteiger partial charge in [-0.15, -0.1) is 0 Å². The second-order valence-electron chi connectivity index (χ2n) is 4.73. The summed E-state index contributed by atoms with van der Waals surface area (Å²) in [6.45, 7) is 1.48. The van der Waals surface area contributed by atoms with Gasteiger partial charge in [0.2, 0.25) is 5.91 Å². The minimum absolute atomic E-state index is 0.175. The number of nitrogens with zero attached hydrogens (tertiary/aromatic N) is 2. The van der Waals surface area contributed by atoms with Gasteiger partial charge in [0.15, 0.2) is 0 Å². The van der Waals surface area contributed by atoms with Crippen molar-refractivity contribution in [1.29, 1.82) is 0 Å². The average molecular weight is 299 g/mol. The largest absolute Gasteiger partial charge is 0.354 e. The van der Waals surface area contributed by atoms with E-state index in [4.69, 9.17) is 0 Å². The highest BCUT2D eigenvalue weighted by molar-refractivity contribution is 8.77. The van der Waals surface area contributed by atoms with Gasteiger partial charge in [-0.25, -0.2) is 4.98 Å². The van der Waals surface area contributed by atoms with E-state index in [9.17, 15) is 4.79 Å². The first kappa shape index (κ1) is 14.8. The van der Waals surface area contributed by atoms with Gasteiger partial charge in [0, 0.05) is 42.9 Å². The van der Waals surface area contributed by atoms with Crippen LogP contribution in [-0.2, 0) is 11.3 Å². The molecule has 1 fully saturated rings. The Balaban J connectivity index is 1.45. The predicted octanol–water partition coefficient (Wildman–Crippen LogP) is 2.71. The molecule has 0 spiro atoms. The molecule has 1 atom stereocenters. The van der Waals surface area contributed by atoms with Crippen molar-refractivity contribution >= 4 is 27.5 Å². The molecule has 4 nitrogen and oxygen atoms in total. The molecule has 1 aromatic rings. The molecule has 0 unspecified atom stereocenters. The molecular weight excluding hydrogens is 278 g/mol. The molecular formula is C13H21N3OS2. The van der Waals surface area contributed by atoms with Crippen LogP contribution in [0.3, 0.4) is 0 Å². The Hall–Kier alpha value is -0.620. The minimum Gasteiger partial charge on any atom is -0.354 e. The zero-order valence-corrected chi connectivity index (χ0v) is 12.7. The first-order valence-corrected chi connectivity index (χ1v) is 9.23. The Labute approximate surface area is 122 Å². The maximum Gasteiger partial charge on any atom is 0.220 e. The maximum absolute atomic E-state index is 11.6. The van der Waals surface area contributed by atoms with Gasteiger partial charge in [0.25, 0.3) is 0 Å². The highest BCUT2D eigenvalue weighted by Crippen LogP contribution is 2.39. The molecule has 0 bridgehead atoms. The van der Waals surface area contributed by atoms with Gasteiger partial charge in [0.1, 0.15) is 0 Å². The lowest BCUT2D eigenvalue weighted by Crippen LogP contribution is -2.26. The number of amides is 1. The quantitative estimate of drug-likeness (QED) is 0.592. The van der Waals surface area contributed by atoms with E-state index in [0.717, 1.165) is 18.2 Å². The fraction of sp³-hybridized carbons (Fsp3) is 0.692. The summed E-state index contributed by atoms with van der Waals surface area (Å²) >= 11 is 0. The van der Waals surface area contributed by atoms with Crippen molar-refractivity contribution in [2.75, 3.05) is 12.3 Å². The van der Waals surface area contributed by atoms with Crippen LogP contribution in [0.25, 0.3) is 0 Å². The summed E-state index contributed by atoms with van der Waals surface area (Å²) < 4.78 is 1.97. The molecule has 106 valence electrons. The van der Waals surface area contributed by atoms with Crippen molar-refractivity contribution < 1.29 is 4.79 Å². The van der Waals surface area contributed by atoms with E-state index in [-0.39, 0.29) is 5.91 Å². The molecule has 0 aliphatic carbocycles. The van der Waals surface area contributed by atoms with E-state index in [2.05, 4.69) is 10.3 Å². The standard InChI is InChI=1S/C13H21N3OS2/c17-13(15-7-9-16-8-6-14-11-16)4-2-1-3-12-5-10-18-19-12/h6,8,11-12H,1-5,7,9-10H2,(H,15,17)/t12-/m0/s1. The van der Waals surface area contributed by atoms with E-state index < -0.39 is 0 Å². The zero-order valence-electron chi connectivity index (χ0n) is 11.1. The van der Waals surface area contributed by atoms with Crippen molar-refractivity contribution in [3.63, 3.8) is 0 Å². The van der Waals surface area contributed by atoms with Crippen LogP contribution in [0, 0.1) is 0 Å². The van der Waals surface area contributed by atoms with Gasteiger partial charge in [-0.1, -0.05) is 28.0 Å². The second-order valence-corrected chi connectivity index (χ2v) is 7.51. The highest BCUT2D eigenvalue weighted by Gasteiger charge is 2.15. The minimum atomic E-state index is 0.175.